The Labute approximate surface area is 104 Å². The number of carbonyl (C=O) groups excluding carboxylic acids is 1. The number of nitrogens with zero attached hydrogens (tertiary/aromatic N) is 1. The van der Waals surface area contributed by atoms with E-state index in [0.717, 1.165) is 16.7 Å². The molecule has 0 atom stereocenters. The van der Waals surface area contributed by atoms with Crippen LogP contribution in [0.5, 0.6) is 5.75 Å². The van der Waals surface area contributed by atoms with Crippen LogP contribution in [0.25, 0.3) is 6.08 Å². The number of Topliss-reactive ketones (excluding diaryl/α,β-unsaturated/α-hetero) is 1. The van der Waals surface area contributed by atoms with E-state index in [1.54, 1.807) is 24.5 Å². The number of phenolic OH excluding ortho intramolecular Hbond substituents is 1. The average molecular weight is 237 g/mol. The summed E-state index contributed by atoms with van der Waals surface area (Å²) in [6.45, 7) is 0. The van der Waals surface area contributed by atoms with Gasteiger partial charge in [0.1, 0.15) is 5.75 Å². The first kappa shape index (κ1) is 10.7. The van der Waals surface area contributed by atoms with Gasteiger partial charge < -0.3 is 5.11 Å². The van der Waals surface area contributed by atoms with E-state index in [1.807, 2.05) is 18.2 Å². The zero-order valence-electron chi connectivity index (χ0n) is 9.63. The highest BCUT2D eigenvalue weighted by atomic mass is 16.3. The van der Waals surface area contributed by atoms with E-state index in [1.165, 1.54) is 6.07 Å². The van der Waals surface area contributed by atoms with Gasteiger partial charge in [-0.3, -0.25) is 9.78 Å². The van der Waals surface area contributed by atoms with Crippen molar-refractivity contribution in [2.24, 2.45) is 0 Å². The molecule has 3 nitrogen and oxygen atoms in total. The Bertz CT molecular complexity index is 645. The van der Waals surface area contributed by atoms with Gasteiger partial charge in [-0.2, -0.15) is 0 Å². The summed E-state index contributed by atoms with van der Waals surface area (Å²) in [6, 6.07) is 8.69. The number of fused-ring (bicyclic) bond motifs is 1. The number of phenols is 1. The van der Waals surface area contributed by atoms with Gasteiger partial charge in [0.25, 0.3) is 0 Å². The van der Waals surface area contributed by atoms with E-state index in [4.69, 9.17) is 0 Å². The van der Waals surface area contributed by atoms with Crippen LogP contribution in [-0.2, 0) is 6.42 Å². The summed E-state index contributed by atoms with van der Waals surface area (Å²) in [5, 5.41) is 9.41. The Balaban J connectivity index is 2.00. The number of ketones is 1. The summed E-state index contributed by atoms with van der Waals surface area (Å²) in [5.41, 5.74) is 3.22. The van der Waals surface area contributed by atoms with Crippen LogP contribution in [0.3, 0.4) is 0 Å². The van der Waals surface area contributed by atoms with Crippen LogP contribution < -0.4 is 0 Å². The Morgan fingerprint density at radius 3 is 2.94 bits per heavy atom. The van der Waals surface area contributed by atoms with E-state index >= 15 is 0 Å². The van der Waals surface area contributed by atoms with E-state index in [-0.39, 0.29) is 11.5 Å². The van der Waals surface area contributed by atoms with Crippen molar-refractivity contribution in [3.05, 3.63) is 65.0 Å². The second-order valence-corrected chi connectivity index (χ2v) is 4.30. The third kappa shape index (κ3) is 1.80. The van der Waals surface area contributed by atoms with Gasteiger partial charge in [0.05, 0.1) is 0 Å². The number of aromatic nitrogens is 1. The van der Waals surface area contributed by atoms with Gasteiger partial charge in [-0.1, -0.05) is 12.1 Å². The lowest BCUT2D eigenvalue weighted by molar-refractivity contribution is 0.104. The second-order valence-electron chi connectivity index (χ2n) is 4.30. The van der Waals surface area contributed by atoms with Crippen LogP contribution in [0.4, 0.5) is 0 Å². The molecule has 88 valence electrons. The van der Waals surface area contributed by atoms with Crippen LogP contribution in [-0.4, -0.2) is 15.9 Å². The molecule has 0 radical (unpaired) electrons. The van der Waals surface area contributed by atoms with E-state index < -0.39 is 0 Å². The fourth-order valence-corrected chi connectivity index (χ4v) is 2.17. The molecule has 0 amide bonds. The third-order valence-corrected chi connectivity index (χ3v) is 3.04. The van der Waals surface area contributed by atoms with Gasteiger partial charge in [0, 0.05) is 30.0 Å². The van der Waals surface area contributed by atoms with Gasteiger partial charge in [0.2, 0.25) is 0 Å². The van der Waals surface area contributed by atoms with Crippen molar-refractivity contribution in [1.82, 2.24) is 4.98 Å². The van der Waals surface area contributed by atoms with Crippen molar-refractivity contribution in [2.75, 3.05) is 0 Å². The van der Waals surface area contributed by atoms with Gasteiger partial charge in [-0.25, -0.2) is 0 Å². The number of rotatable bonds is 1. The van der Waals surface area contributed by atoms with Crippen molar-refractivity contribution in [3.63, 3.8) is 0 Å². The molecule has 1 aromatic heterocycles. The van der Waals surface area contributed by atoms with E-state index in [9.17, 15) is 9.90 Å². The summed E-state index contributed by atoms with van der Waals surface area (Å²) in [5.74, 6) is 0.120. The smallest absolute Gasteiger partial charge is 0.189 e. The molecular formula is C15H11NO2. The SMILES string of the molecule is O=C1/C(=C/c2cccnc2)Cc2ccc(O)cc21. The van der Waals surface area contributed by atoms with Crippen LogP contribution in [0.2, 0.25) is 0 Å². The molecule has 0 aliphatic heterocycles. The van der Waals surface area contributed by atoms with Crippen LogP contribution in [0.1, 0.15) is 21.5 Å². The lowest BCUT2D eigenvalue weighted by Gasteiger charge is -1.96. The summed E-state index contributed by atoms with van der Waals surface area (Å²) in [7, 11) is 0. The maximum Gasteiger partial charge on any atom is 0.189 e. The first-order chi connectivity index (χ1) is 8.74. The molecule has 0 unspecified atom stereocenters. The first-order valence-corrected chi connectivity index (χ1v) is 5.71. The Hall–Kier alpha value is -2.42. The fraction of sp³-hybridized carbons (Fsp3) is 0.0667. The first-order valence-electron chi connectivity index (χ1n) is 5.71. The minimum Gasteiger partial charge on any atom is -0.508 e. The molecule has 1 aliphatic rings. The van der Waals surface area contributed by atoms with Crippen molar-refractivity contribution in [2.45, 2.75) is 6.42 Å². The van der Waals surface area contributed by atoms with Gasteiger partial charge >= 0.3 is 0 Å². The van der Waals surface area contributed by atoms with E-state index in [0.29, 0.717) is 12.0 Å². The zero-order valence-corrected chi connectivity index (χ0v) is 9.63. The second kappa shape index (κ2) is 4.11. The maximum absolute atomic E-state index is 12.2. The Morgan fingerprint density at radius 2 is 2.17 bits per heavy atom. The standard InChI is InChI=1S/C15H11NO2/c17-13-4-3-11-7-12(15(18)14(11)8-13)6-10-2-1-5-16-9-10/h1-6,8-9,17H,7H2/b12-6+. The molecule has 18 heavy (non-hydrogen) atoms. The molecule has 1 heterocycles. The highest BCUT2D eigenvalue weighted by Crippen LogP contribution is 2.30. The van der Waals surface area contributed by atoms with Crippen LogP contribution in [0.15, 0.2) is 48.3 Å². The minimum atomic E-state index is -0.00949. The normalized spacial score (nSPS) is 16.0. The summed E-state index contributed by atoms with van der Waals surface area (Å²) in [4.78, 5) is 16.2. The quantitative estimate of drug-likeness (QED) is 0.775. The molecule has 1 N–H and O–H groups in total. The minimum absolute atomic E-state index is 0.00949. The highest BCUT2D eigenvalue weighted by molar-refractivity contribution is 6.15. The number of allylic oxidation sites excluding steroid dienone is 1. The molecule has 2 aromatic rings. The predicted octanol–water partition coefficient (Wildman–Crippen LogP) is 2.61. The summed E-state index contributed by atoms with van der Waals surface area (Å²) in [6.07, 6.45) is 5.89. The maximum atomic E-state index is 12.2. The molecule has 0 saturated heterocycles. The number of aromatic hydroxyl groups is 1. The number of hydrogen-bond donors (Lipinski definition) is 1. The van der Waals surface area contributed by atoms with Gasteiger partial charge in [0.15, 0.2) is 5.78 Å². The van der Waals surface area contributed by atoms with Gasteiger partial charge in [-0.15, -0.1) is 0 Å². The number of pyridine rings is 1. The lowest BCUT2D eigenvalue weighted by Crippen LogP contribution is -1.95. The highest BCUT2D eigenvalue weighted by Gasteiger charge is 2.24. The van der Waals surface area contributed by atoms with Crippen molar-refractivity contribution in [3.8, 4) is 5.75 Å². The van der Waals surface area contributed by atoms with Crippen LogP contribution in [0, 0.1) is 0 Å². The molecule has 0 fully saturated rings. The molecule has 0 spiro atoms. The monoisotopic (exact) mass is 237 g/mol. The molecule has 1 aliphatic carbocycles. The molecule has 0 bridgehead atoms. The van der Waals surface area contributed by atoms with Crippen molar-refractivity contribution >= 4 is 11.9 Å². The fourth-order valence-electron chi connectivity index (χ4n) is 2.17. The zero-order chi connectivity index (χ0) is 12.5. The van der Waals surface area contributed by atoms with Crippen LogP contribution >= 0.6 is 0 Å². The summed E-state index contributed by atoms with van der Waals surface area (Å²) < 4.78 is 0. The molecule has 1 aromatic carbocycles. The topological polar surface area (TPSA) is 50.2 Å². The molecule has 3 heteroatoms. The molecule has 3 rings (SSSR count). The molecular weight excluding hydrogens is 226 g/mol. The largest absolute Gasteiger partial charge is 0.508 e. The third-order valence-electron chi connectivity index (χ3n) is 3.04. The number of hydrogen-bond acceptors (Lipinski definition) is 3. The number of carbonyl (C=O) groups is 1. The Kier molecular flexibility index (Phi) is 2.45. The Morgan fingerprint density at radius 1 is 1.28 bits per heavy atom. The molecule has 0 saturated carbocycles. The van der Waals surface area contributed by atoms with E-state index in [2.05, 4.69) is 4.98 Å². The van der Waals surface area contributed by atoms with Crippen molar-refractivity contribution < 1.29 is 9.90 Å². The lowest BCUT2D eigenvalue weighted by atomic mass is 10.1. The summed E-state index contributed by atoms with van der Waals surface area (Å²) >= 11 is 0. The van der Waals surface area contributed by atoms with Crippen molar-refractivity contribution in [1.29, 1.82) is 0 Å². The average Bonchev–Trinajstić information content (AvgIpc) is 2.68. The van der Waals surface area contributed by atoms with Gasteiger partial charge in [-0.05, 0) is 35.4 Å². The number of benzene rings is 1. The predicted molar refractivity (Wildman–Crippen MR) is 68.4 cm³/mol.